The zero-order valence-corrected chi connectivity index (χ0v) is 11.1. The number of carbonyl (C=O) groups excluding carboxylic acids is 2. The summed E-state index contributed by atoms with van der Waals surface area (Å²) in [6.07, 6.45) is 1.38. The Labute approximate surface area is 109 Å². The molecule has 0 radical (unpaired) electrons. The van der Waals surface area contributed by atoms with Crippen LogP contribution < -0.4 is 8.92 Å². The molecule has 0 aliphatic rings. The van der Waals surface area contributed by atoms with Gasteiger partial charge in [-0.05, 0) is 0 Å². The second-order valence-electron chi connectivity index (χ2n) is 3.58. The quantitative estimate of drug-likeness (QED) is 0.621. The first-order chi connectivity index (χ1) is 8.77. The van der Waals surface area contributed by atoms with Crippen LogP contribution in [0.3, 0.4) is 0 Å². The Bertz CT molecular complexity index is 566. The Kier molecular flexibility index (Phi) is 3.92. The molecule has 0 aromatic heterocycles. The van der Waals surface area contributed by atoms with Crippen molar-refractivity contribution in [3.8, 4) is 0 Å². The van der Waals surface area contributed by atoms with Crippen LogP contribution in [0.1, 0.15) is 20.7 Å². The van der Waals surface area contributed by atoms with E-state index < -0.39 is 13.8 Å². The summed E-state index contributed by atoms with van der Waals surface area (Å²) in [5.74, 6) is 0. The predicted octanol–water partition coefficient (Wildman–Crippen LogP) is 0.848. The molecule has 4 heteroatoms. The van der Waals surface area contributed by atoms with Crippen LogP contribution in [-0.4, -0.2) is 26.4 Å². The van der Waals surface area contributed by atoms with Crippen LogP contribution in [0.2, 0.25) is 0 Å². The summed E-state index contributed by atoms with van der Waals surface area (Å²) in [5.41, 5.74) is 0.830. The van der Waals surface area contributed by atoms with Gasteiger partial charge in [-0.15, -0.1) is 0 Å². The van der Waals surface area contributed by atoms with Crippen molar-refractivity contribution in [1.82, 2.24) is 0 Å². The second-order valence-corrected chi connectivity index (χ2v) is 6.55. The van der Waals surface area contributed by atoms with Crippen molar-refractivity contribution in [3.05, 3.63) is 59.7 Å². The molecule has 0 aliphatic carbocycles. The van der Waals surface area contributed by atoms with Gasteiger partial charge in [0, 0.05) is 0 Å². The van der Waals surface area contributed by atoms with Crippen molar-refractivity contribution in [2.24, 2.45) is 0 Å². The summed E-state index contributed by atoms with van der Waals surface area (Å²) in [4.78, 5) is 21.9. The molecule has 18 heavy (non-hydrogen) atoms. The molecule has 0 saturated heterocycles. The molecule has 0 bridgehead atoms. The fraction of sp³-hybridized carbons (Fsp3) is 0. The number of rotatable bonds is 4. The van der Waals surface area contributed by atoms with Gasteiger partial charge in [0.1, 0.15) is 0 Å². The van der Waals surface area contributed by atoms with E-state index in [1.54, 1.807) is 48.5 Å². The molecular formula is C14H10O3Se. The molecule has 0 N–H and O–H groups in total. The molecule has 2 aromatic rings. The van der Waals surface area contributed by atoms with Crippen molar-refractivity contribution in [1.29, 1.82) is 0 Å². The van der Waals surface area contributed by atoms with Crippen LogP contribution in [0, 0.1) is 0 Å². The Morgan fingerprint density at radius 1 is 0.722 bits per heavy atom. The predicted molar refractivity (Wildman–Crippen MR) is 69.4 cm³/mol. The van der Waals surface area contributed by atoms with Gasteiger partial charge in [-0.25, -0.2) is 0 Å². The standard InChI is InChI=1S/C14H10O3Se/c15-9-11-5-1-3-7-13(11)18(17)14-8-4-2-6-12(14)10-16/h1-10H. The topological polar surface area (TPSA) is 51.2 Å². The van der Waals surface area contributed by atoms with E-state index in [-0.39, 0.29) is 0 Å². The van der Waals surface area contributed by atoms with Crippen molar-refractivity contribution >= 4 is 35.3 Å². The first kappa shape index (κ1) is 12.6. The summed E-state index contributed by atoms with van der Waals surface area (Å²) < 4.78 is 13.5. The first-order valence-electron chi connectivity index (χ1n) is 5.28. The average molecular weight is 305 g/mol. The van der Waals surface area contributed by atoms with E-state index in [1.807, 2.05) is 0 Å². The summed E-state index contributed by atoms with van der Waals surface area (Å²) in [5, 5.41) is 0. The van der Waals surface area contributed by atoms with Gasteiger partial charge in [-0.1, -0.05) is 0 Å². The minimum absolute atomic E-state index is 0.415. The maximum atomic E-state index is 12.5. The van der Waals surface area contributed by atoms with E-state index in [1.165, 1.54) is 0 Å². The molecule has 90 valence electrons. The molecule has 0 aliphatic heterocycles. The van der Waals surface area contributed by atoms with E-state index in [0.717, 1.165) is 0 Å². The molecule has 0 unspecified atom stereocenters. The Morgan fingerprint density at radius 3 is 1.50 bits per heavy atom. The fourth-order valence-corrected chi connectivity index (χ4v) is 4.34. The molecule has 0 heterocycles. The van der Waals surface area contributed by atoms with E-state index in [0.29, 0.717) is 32.6 Å². The molecule has 0 amide bonds. The van der Waals surface area contributed by atoms with Gasteiger partial charge in [0.05, 0.1) is 0 Å². The van der Waals surface area contributed by atoms with Gasteiger partial charge >= 0.3 is 108 Å². The molecule has 0 saturated carbocycles. The molecular weight excluding hydrogens is 295 g/mol. The summed E-state index contributed by atoms with van der Waals surface area (Å²) >= 11 is -2.59. The van der Waals surface area contributed by atoms with Gasteiger partial charge in [-0.2, -0.15) is 0 Å². The zero-order valence-electron chi connectivity index (χ0n) is 9.41. The van der Waals surface area contributed by atoms with Crippen LogP contribution in [-0.2, 0) is 3.83 Å². The third kappa shape index (κ3) is 2.35. The molecule has 2 aromatic carbocycles. The zero-order chi connectivity index (χ0) is 13.0. The van der Waals surface area contributed by atoms with Crippen LogP contribution in [0.25, 0.3) is 0 Å². The third-order valence-electron chi connectivity index (χ3n) is 2.49. The molecule has 0 atom stereocenters. The van der Waals surface area contributed by atoms with Crippen molar-refractivity contribution < 1.29 is 13.4 Å². The Balaban J connectivity index is 2.54. The van der Waals surface area contributed by atoms with Crippen LogP contribution in [0.5, 0.6) is 0 Å². The summed E-state index contributed by atoms with van der Waals surface area (Å²) in [7, 11) is 0. The van der Waals surface area contributed by atoms with Gasteiger partial charge in [-0.3, -0.25) is 0 Å². The number of hydrogen-bond donors (Lipinski definition) is 0. The van der Waals surface area contributed by atoms with Gasteiger partial charge in [0.2, 0.25) is 0 Å². The van der Waals surface area contributed by atoms with Crippen molar-refractivity contribution in [3.63, 3.8) is 0 Å². The maximum absolute atomic E-state index is 12.5. The van der Waals surface area contributed by atoms with Gasteiger partial charge in [0.25, 0.3) is 0 Å². The Morgan fingerprint density at radius 2 is 1.11 bits per heavy atom. The van der Waals surface area contributed by atoms with Crippen LogP contribution in [0.15, 0.2) is 48.5 Å². The van der Waals surface area contributed by atoms with E-state index in [9.17, 15) is 13.4 Å². The molecule has 0 fully saturated rings. The second kappa shape index (κ2) is 5.63. The number of aldehydes is 2. The minimum atomic E-state index is -2.59. The summed E-state index contributed by atoms with van der Waals surface area (Å²) in [6, 6.07) is 13.5. The van der Waals surface area contributed by atoms with E-state index >= 15 is 0 Å². The molecule has 0 spiro atoms. The number of hydrogen-bond acceptors (Lipinski definition) is 3. The normalized spacial score (nSPS) is 10.3. The van der Waals surface area contributed by atoms with E-state index in [2.05, 4.69) is 0 Å². The Hall–Kier alpha value is -1.90. The average Bonchev–Trinajstić information content (AvgIpc) is 2.46. The van der Waals surface area contributed by atoms with Crippen LogP contribution in [0.4, 0.5) is 0 Å². The molecule has 3 nitrogen and oxygen atoms in total. The van der Waals surface area contributed by atoms with E-state index in [4.69, 9.17) is 0 Å². The first-order valence-corrected chi connectivity index (χ1v) is 7.69. The fourth-order valence-electron chi connectivity index (χ4n) is 1.61. The van der Waals surface area contributed by atoms with Gasteiger partial charge in [0.15, 0.2) is 0 Å². The third-order valence-corrected chi connectivity index (χ3v) is 5.73. The number of carbonyl (C=O) groups is 2. The molecule has 2 rings (SSSR count). The summed E-state index contributed by atoms with van der Waals surface area (Å²) in [6.45, 7) is 0. The van der Waals surface area contributed by atoms with Crippen molar-refractivity contribution in [2.75, 3.05) is 0 Å². The van der Waals surface area contributed by atoms with Crippen LogP contribution >= 0.6 is 0 Å². The monoisotopic (exact) mass is 306 g/mol. The number of benzene rings is 2. The van der Waals surface area contributed by atoms with Gasteiger partial charge < -0.3 is 0 Å². The van der Waals surface area contributed by atoms with Crippen molar-refractivity contribution in [2.45, 2.75) is 0 Å². The SMILES string of the molecule is O=Cc1ccccc1[Se](=O)c1ccccc1C=O.